The van der Waals surface area contributed by atoms with Gasteiger partial charge in [0.1, 0.15) is 5.69 Å². The number of amides is 1. The van der Waals surface area contributed by atoms with E-state index in [-0.39, 0.29) is 17.9 Å². The first-order valence-electron chi connectivity index (χ1n) is 9.79. The van der Waals surface area contributed by atoms with Gasteiger partial charge in [-0.25, -0.2) is 9.48 Å². The third-order valence-corrected chi connectivity index (χ3v) is 4.85. The van der Waals surface area contributed by atoms with Crippen LogP contribution in [0.5, 0.6) is 0 Å². The van der Waals surface area contributed by atoms with Gasteiger partial charge in [0, 0.05) is 25.5 Å². The zero-order valence-corrected chi connectivity index (χ0v) is 16.7. The number of unbranched alkanes of at least 4 members (excludes halogenated alkanes) is 2. The van der Waals surface area contributed by atoms with E-state index in [1.165, 1.54) is 11.6 Å². The molecule has 9 nitrogen and oxygen atoms in total. The number of carboxylic acids is 1. The molecule has 0 saturated carbocycles. The molecule has 1 heterocycles. The number of nitrogens with zero attached hydrogens (tertiary/aromatic N) is 3. The molecule has 4 atom stereocenters. The van der Waals surface area contributed by atoms with Gasteiger partial charge in [-0.15, -0.1) is 5.10 Å². The minimum Gasteiger partial charge on any atom is -0.478 e. The largest absolute Gasteiger partial charge is 0.478 e. The standard InChI is InChI=1S/C19H30N4O5/c1-4-6-7-8-28-17-10-13(19(26)27)9-15(18(17)20-12(3)24)23-11-14(21-22-23)16(25)5-2/h9,11,15-18,25H,4-8,10H2,1-3H3,(H,20,24)(H,26,27). The second kappa shape index (κ2) is 10.3. The number of aromatic nitrogens is 3. The van der Waals surface area contributed by atoms with Gasteiger partial charge in [-0.2, -0.15) is 0 Å². The zero-order chi connectivity index (χ0) is 20.7. The topological polar surface area (TPSA) is 127 Å². The van der Waals surface area contributed by atoms with Gasteiger partial charge in [-0.05, 0) is 18.9 Å². The molecule has 0 saturated heterocycles. The normalized spacial score (nSPS) is 23.1. The van der Waals surface area contributed by atoms with Crippen molar-refractivity contribution in [3.8, 4) is 0 Å². The molecule has 0 aromatic carbocycles. The monoisotopic (exact) mass is 394 g/mol. The molecule has 1 aromatic heterocycles. The van der Waals surface area contributed by atoms with Crippen molar-refractivity contribution in [2.24, 2.45) is 0 Å². The summed E-state index contributed by atoms with van der Waals surface area (Å²) in [5, 5.41) is 30.5. The Hall–Kier alpha value is -2.26. The maximum Gasteiger partial charge on any atom is 0.331 e. The predicted molar refractivity (Wildman–Crippen MR) is 102 cm³/mol. The van der Waals surface area contributed by atoms with E-state index >= 15 is 0 Å². The Balaban J connectivity index is 2.33. The van der Waals surface area contributed by atoms with Crippen LogP contribution in [0.3, 0.4) is 0 Å². The van der Waals surface area contributed by atoms with E-state index in [1.54, 1.807) is 12.3 Å². The van der Waals surface area contributed by atoms with E-state index in [2.05, 4.69) is 22.6 Å². The molecule has 156 valence electrons. The van der Waals surface area contributed by atoms with Gasteiger partial charge in [0.05, 0.1) is 30.5 Å². The molecule has 0 bridgehead atoms. The number of hydrogen-bond acceptors (Lipinski definition) is 6. The van der Waals surface area contributed by atoms with Crippen LogP contribution in [0.4, 0.5) is 0 Å². The maximum atomic E-state index is 11.8. The number of carbonyl (C=O) groups excluding carboxylic acids is 1. The highest BCUT2D eigenvalue weighted by atomic mass is 16.5. The second-order valence-corrected chi connectivity index (χ2v) is 7.08. The third kappa shape index (κ3) is 5.62. The van der Waals surface area contributed by atoms with Crippen molar-refractivity contribution in [3.63, 3.8) is 0 Å². The smallest absolute Gasteiger partial charge is 0.331 e. The molecular weight excluding hydrogens is 364 g/mol. The summed E-state index contributed by atoms with van der Waals surface area (Å²) in [6, 6.07) is -1.07. The summed E-state index contributed by atoms with van der Waals surface area (Å²) in [6.45, 7) is 5.82. The highest BCUT2D eigenvalue weighted by Crippen LogP contribution is 2.30. The summed E-state index contributed by atoms with van der Waals surface area (Å²) in [4.78, 5) is 23.4. The maximum absolute atomic E-state index is 11.8. The number of carbonyl (C=O) groups is 2. The van der Waals surface area contributed by atoms with Crippen molar-refractivity contribution in [1.29, 1.82) is 0 Å². The first-order valence-corrected chi connectivity index (χ1v) is 9.79. The van der Waals surface area contributed by atoms with Crippen molar-refractivity contribution in [2.75, 3.05) is 6.61 Å². The Bertz CT molecular complexity index is 702. The molecule has 2 rings (SSSR count). The fourth-order valence-electron chi connectivity index (χ4n) is 3.30. The lowest BCUT2D eigenvalue weighted by Gasteiger charge is -2.36. The molecular formula is C19H30N4O5. The molecule has 0 spiro atoms. The lowest BCUT2D eigenvalue weighted by Crippen LogP contribution is -2.51. The lowest BCUT2D eigenvalue weighted by atomic mass is 9.88. The number of rotatable bonds is 10. The van der Waals surface area contributed by atoms with E-state index in [4.69, 9.17) is 4.74 Å². The third-order valence-electron chi connectivity index (χ3n) is 4.85. The highest BCUT2D eigenvalue weighted by Gasteiger charge is 2.38. The van der Waals surface area contributed by atoms with Crippen LogP contribution < -0.4 is 5.32 Å². The number of aliphatic carboxylic acids is 1. The van der Waals surface area contributed by atoms with Crippen LogP contribution in [0.25, 0.3) is 0 Å². The SMILES string of the molecule is CCCCCOC1CC(C(=O)O)=CC(n2cc(C(O)CC)nn2)C1NC(C)=O. The van der Waals surface area contributed by atoms with Crippen LogP contribution >= 0.6 is 0 Å². The van der Waals surface area contributed by atoms with Gasteiger partial charge >= 0.3 is 5.97 Å². The minimum atomic E-state index is -1.03. The van der Waals surface area contributed by atoms with Gasteiger partial charge in [0.2, 0.25) is 5.91 Å². The van der Waals surface area contributed by atoms with Crippen LogP contribution in [0.15, 0.2) is 17.8 Å². The number of aliphatic hydroxyl groups excluding tert-OH is 1. The van der Waals surface area contributed by atoms with E-state index in [0.717, 1.165) is 19.3 Å². The lowest BCUT2D eigenvalue weighted by molar-refractivity contribution is -0.133. The molecule has 28 heavy (non-hydrogen) atoms. The summed E-state index contributed by atoms with van der Waals surface area (Å²) in [5.41, 5.74) is 0.612. The quantitative estimate of drug-likeness (QED) is 0.516. The molecule has 1 aliphatic rings. The van der Waals surface area contributed by atoms with Gasteiger partial charge < -0.3 is 20.3 Å². The van der Waals surface area contributed by atoms with E-state index in [9.17, 15) is 19.8 Å². The summed E-state index contributed by atoms with van der Waals surface area (Å²) in [6.07, 6.45) is 5.53. The summed E-state index contributed by atoms with van der Waals surface area (Å²) >= 11 is 0. The second-order valence-electron chi connectivity index (χ2n) is 7.08. The zero-order valence-electron chi connectivity index (χ0n) is 16.7. The van der Waals surface area contributed by atoms with E-state index in [0.29, 0.717) is 18.7 Å². The van der Waals surface area contributed by atoms with Crippen molar-refractivity contribution in [1.82, 2.24) is 20.3 Å². The number of hydrogen-bond donors (Lipinski definition) is 3. The number of ether oxygens (including phenoxy) is 1. The Kier molecular flexibility index (Phi) is 8.13. The van der Waals surface area contributed by atoms with Crippen LogP contribution in [-0.4, -0.2) is 55.8 Å². The molecule has 0 radical (unpaired) electrons. The van der Waals surface area contributed by atoms with Crippen molar-refractivity contribution < 1.29 is 24.5 Å². The molecule has 4 unspecified atom stereocenters. The molecule has 1 aromatic rings. The van der Waals surface area contributed by atoms with Gasteiger partial charge in [-0.1, -0.05) is 31.9 Å². The van der Waals surface area contributed by atoms with Crippen LogP contribution in [-0.2, 0) is 14.3 Å². The Morgan fingerprint density at radius 1 is 1.39 bits per heavy atom. The highest BCUT2D eigenvalue weighted by molar-refractivity contribution is 5.87. The Morgan fingerprint density at radius 2 is 2.14 bits per heavy atom. The summed E-state index contributed by atoms with van der Waals surface area (Å²) in [5.74, 6) is -1.26. The fourth-order valence-corrected chi connectivity index (χ4v) is 3.30. The average molecular weight is 394 g/mol. The van der Waals surface area contributed by atoms with Crippen molar-refractivity contribution in [2.45, 2.75) is 77.2 Å². The molecule has 3 N–H and O–H groups in total. The van der Waals surface area contributed by atoms with Crippen LogP contribution in [0.1, 0.15) is 70.7 Å². The Labute approximate surface area is 164 Å². The Morgan fingerprint density at radius 3 is 2.75 bits per heavy atom. The van der Waals surface area contributed by atoms with E-state index < -0.39 is 30.3 Å². The first kappa shape index (κ1) is 22.0. The molecule has 9 heteroatoms. The number of carboxylic acid groups (broad SMARTS) is 1. The average Bonchev–Trinajstić information content (AvgIpc) is 3.14. The van der Waals surface area contributed by atoms with Crippen molar-refractivity contribution >= 4 is 11.9 Å². The molecule has 0 aliphatic heterocycles. The van der Waals surface area contributed by atoms with Gasteiger partial charge in [0.15, 0.2) is 0 Å². The molecule has 0 fully saturated rings. The van der Waals surface area contributed by atoms with Crippen molar-refractivity contribution in [3.05, 3.63) is 23.5 Å². The van der Waals surface area contributed by atoms with Crippen LogP contribution in [0.2, 0.25) is 0 Å². The minimum absolute atomic E-state index is 0.196. The fraction of sp³-hybridized carbons (Fsp3) is 0.684. The molecule has 1 amide bonds. The van der Waals surface area contributed by atoms with E-state index in [1.807, 2.05) is 6.92 Å². The summed E-state index contributed by atoms with van der Waals surface area (Å²) in [7, 11) is 0. The first-order chi connectivity index (χ1) is 13.4. The number of nitrogens with one attached hydrogen (secondary N) is 1. The van der Waals surface area contributed by atoms with Gasteiger partial charge in [-0.3, -0.25) is 4.79 Å². The molecule has 1 aliphatic carbocycles. The van der Waals surface area contributed by atoms with Gasteiger partial charge in [0.25, 0.3) is 0 Å². The predicted octanol–water partition coefficient (Wildman–Crippen LogP) is 1.76. The summed E-state index contributed by atoms with van der Waals surface area (Å²) < 4.78 is 7.46. The van der Waals surface area contributed by atoms with Crippen LogP contribution in [0, 0.1) is 0 Å². The number of aliphatic hydroxyl groups is 1.